The molecule has 1 atom stereocenters. The largest absolute Gasteiger partial charge is 0.495 e. The number of aromatic nitrogens is 1. The van der Waals surface area contributed by atoms with Crippen LogP contribution in [-0.2, 0) is 14.8 Å². The molecule has 1 saturated heterocycles. The van der Waals surface area contributed by atoms with Gasteiger partial charge in [0.2, 0.25) is 15.9 Å². The van der Waals surface area contributed by atoms with E-state index >= 15 is 0 Å². The van der Waals surface area contributed by atoms with Gasteiger partial charge in [-0.1, -0.05) is 6.07 Å². The third-order valence-electron chi connectivity index (χ3n) is 5.40. The number of piperidine rings is 1. The first-order chi connectivity index (χ1) is 14.8. The van der Waals surface area contributed by atoms with Crippen molar-refractivity contribution in [1.29, 1.82) is 0 Å². The van der Waals surface area contributed by atoms with Crippen LogP contribution in [0.4, 0.5) is 5.69 Å². The Hall–Kier alpha value is -3.11. The molecule has 1 amide bonds. The first kappa shape index (κ1) is 21.1. The SMILES string of the molecule is COc1ccc(C)cc1NC(=O)C1CCCN(S(=O)(=O)c2ccc3[nH]c(=O)oc3c2)C1. The van der Waals surface area contributed by atoms with Crippen molar-refractivity contribution in [2.45, 2.75) is 24.7 Å². The average Bonchev–Trinajstić information content (AvgIpc) is 3.13. The van der Waals surface area contributed by atoms with Gasteiger partial charge in [-0.15, -0.1) is 0 Å². The number of oxazole rings is 1. The number of anilines is 1. The summed E-state index contributed by atoms with van der Waals surface area (Å²) in [4.78, 5) is 26.7. The maximum atomic E-state index is 13.2. The molecule has 1 aromatic heterocycles. The van der Waals surface area contributed by atoms with Crippen molar-refractivity contribution in [1.82, 2.24) is 9.29 Å². The van der Waals surface area contributed by atoms with Gasteiger partial charge in [0.15, 0.2) is 5.58 Å². The van der Waals surface area contributed by atoms with E-state index in [1.807, 2.05) is 19.1 Å². The minimum Gasteiger partial charge on any atom is -0.495 e. The highest BCUT2D eigenvalue weighted by molar-refractivity contribution is 7.89. The Morgan fingerprint density at radius 3 is 2.84 bits per heavy atom. The van der Waals surface area contributed by atoms with Crippen LogP contribution >= 0.6 is 0 Å². The van der Waals surface area contributed by atoms with Crippen molar-refractivity contribution < 1.29 is 22.4 Å². The lowest BCUT2D eigenvalue weighted by Crippen LogP contribution is -2.43. The van der Waals surface area contributed by atoms with Crippen LogP contribution in [0.25, 0.3) is 11.1 Å². The minimum atomic E-state index is -3.85. The number of fused-ring (bicyclic) bond motifs is 1. The Labute approximate surface area is 179 Å². The molecule has 1 unspecified atom stereocenters. The summed E-state index contributed by atoms with van der Waals surface area (Å²) in [6.45, 7) is 2.29. The van der Waals surface area contributed by atoms with E-state index in [1.165, 1.54) is 29.6 Å². The van der Waals surface area contributed by atoms with Crippen LogP contribution in [0.2, 0.25) is 0 Å². The maximum absolute atomic E-state index is 13.2. The number of H-pyrrole nitrogens is 1. The van der Waals surface area contributed by atoms with Gasteiger partial charge in [-0.05, 0) is 49.6 Å². The molecule has 0 spiro atoms. The third-order valence-corrected chi connectivity index (χ3v) is 7.26. The summed E-state index contributed by atoms with van der Waals surface area (Å²) < 4.78 is 37.9. The zero-order chi connectivity index (χ0) is 22.2. The molecule has 2 N–H and O–H groups in total. The fourth-order valence-electron chi connectivity index (χ4n) is 3.76. The second-order valence-electron chi connectivity index (χ2n) is 7.57. The molecular formula is C21H23N3O6S. The molecule has 0 saturated carbocycles. The molecule has 164 valence electrons. The summed E-state index contributed by atoms with van der Waals surface area (Å²) in [6.07, 6.45) is 1.14. The number of nitrogens with zero attached hydrogens (tertiary/aromatic N) is 1. The van der Waals surface area contributed by atoms with E-state index in [2.05, 4.69) is 10.3 Å². The number of aryl methyl sites for hydroxylation is 1. The molecule has 2 heterocycles. The average molecular weight is 445 g/mol. The van der Waals surface area contributed by atoms with Crippen molar-refractivity contribution in [3.63, 3.8) is 0 Å². The molecule has 31 heavy (non-hydrogen) atoms. The molecule has 4 rings (SSSR count). The van der Waals surface area contributed by atoms with Gasteiger partial charge in [0, 0.05) is 19.2 Å². The molecule has 3 aromatic rings. The number of hydrogen-bond donors (Lipinski definition) is 2. The van der Waals surface area contributed by atoms with Crippen LogP contribution < -0.4 is 15.8 Å². The topological polar surface area (TPSA) is 122 Å². The number of carbonyl (C=O) groups excluding carboxylic acids is 1. The van der Waals surface area contributed by atoms with Crippen molar-refractivity contribution in [3.05, 3.63) is 52.5 Å². The van der Waals surface area contributed by atoms with Gasteiger partial charge in [-0.25, -0.2) is 13.2 Å². The Morgan fingerprint density at radius 1 is 1.26 bits per heavy atom. The lowest BCUT2D eigenvalue weighted by Gasteiger charge is -2.31. The summed E-state index contributed by atoms with van der Waals surface area (Å²) in [5.41, 5.74) is 2.12. The number of ether oxygens (including phenoxy) is 1. The number of methoxy groups -OCH3 is 1. The van der Waals surface area contributed by atoms with Crippen molar-refractivity contribution >= 4 is 32.7 Å². The molecule has 9 nitrogen and oxygen atoms in total. The molecule has 1 fully saturated rings. The van der Waals surface area contributed by atoms with Gasteiger partial charge >= 0.3 is 5.76 Å². The van der Waals surface area contributed by atoms with Gasteiger partial charge in [-0.3, -0.25) is 9.78 Å². The van der Waals surface area contributed by atoms with Crippen LogP contribution in [-0.4, -0.2) is 43.8 Å². The van der Waals surface area contributed by atoms with E-state index in [1.54, 1.807) is 6.07 Å². The fourth-order valence-corrected chi connectivity index (χ4v) is 5.30. The van der Waals surface area contributed by atoms with Crippen molar-refractivity contribution in [2.75, 3.05) is 25.5 Å². The van der Waals surface area contributed by atoms with E-state index in [0.29, 0.717) is 36.3 Å². The van der Waals surface area contributed by atoms with Gasteiger partial charge in [0.25, 0.3) is 0 Å². The van der Waals surface area contributed by atoms with Gasteiger partial charge < -0.3 is 14.5 Å². The highest BCUT2D eigenvalue weighted by Gasteiger charge is 2.34. The summed E-state index contributed by atoms with van der Waals surface area (Å²) in [5.74, 6) is -0.857. The quantitative estimate of drug-likeness (QED) is 0.622. The molecule has 0 radical (unpaired) electrons. The van der Waals surface area contributed by atoms with E-state index in [9.17, 15) is 18.0 Å². The van der Waals surface area contributed by atoms with Gasteiger partial charge in [0.1, 0.15) is 5.75 Å². The lowest BCUT2D eigenvalue weighted by molar-refractivity contribution is -0.120. The number of amides is 1. The van der Waals surface area contributed by atoms with Crippen LogP contribution in [0.1, 0.15) is 18.4 Å². The van der Waals surface area contributed by atoms with Crippen LogP contribution in [0.15, 0.2) is 50.5 Å². The molecule has 1 aliphatic rings. The molecule has 0 aliphatic carbocycles. The fraction of sp³-hybridized carbons (Fsp3) is 0.333. The Balaban J connectivity index is 1.53. The van der Waals surface area contributed by atoms with Crippen LogP contribution in [0, 0.1) is 12.8 Å². The molecule has 0 bridgehead atoms. The standard InChI is InChI=1S/C21H23N3O6S/c1-13-5-8-18(29-2)17(10-13)22-20(25)14-4-3-9-24(12-14)31(27,28)15-6-7-16-19(11-15)30-21(26)23-16/h5-8,10-11,14H,3-4,9,12H2,1-2H3,(H,22,25)(H,23,26). The second kappa shape index (κ2) is 8.20. The number of rotatable bonds is 5. The number of benzene rings is 2. The second-order valence-corrected chi connectivity index (χ2v) is 9.51. The van der Waals surface area contributed by atoms with E-state index < -0.39 is 21.7 Å². The summed E-state index contributed by atoms with van der Waals surface area (Å²) in [6, 6.07) is 9.71. The number of nitrogens with one attached hydrogen (secondary N) is 2. The normalized spacial score (nSPS) is 17.5. The Bertz CT molecular complexity index is 1290. The monoisotopic (exact) mass is 445 g/mol. The molecule has 1 aliphatic heterocycles. The highest BCUT2D eigenvalue weighted by Crippen LogP contribution is 2.29. The summed E-state index contributed by atoms with van der Waals surface area (Å²) in [7, 11) is -2.32. The first-order valence-corrected chi connectivity index (χ1v) is 11.3. The predicted molar refractivity (Wildman–Crippen MR) is 115 cm³/mol. The van der Waals surface area contributed by atoms with Crippen LogP contribution in [0.5, 0.6) is 5.75 Å². The zero-order valence-electron chi connectivity index (χ0n) is 17.2. The summed E-state index contributed by atoms with van der Waals surface area (Å²) in [5, 5.41) is 2.87. The highest BCUT2D eigenvalue weighted by atomic mass is 32.2. The Morgan fingerprint density at radius 2 is 2.06 bits per heavy atom. The Kier molecular flexibility index (Phi) is 5.59. The lowest BCUT2D eigenvalue weighted by atomic mass is 9.98. The minimum absolute atomic E-state index is 0.0177. The van der Waals surface area contributed by atoms with Gasteiger partial charge in [-0.2, -0.15) is 4.31 Å². The molecule has 2 aromatic carbocycles. The molecular weight excluding hydrogens is 422 g/mol. The zero-order valence-corrected chi connectivity index (χ0v) is 18.0. The number of carbonyl (C=O) groups is 1. The predicted octanol–water partition coefficient (Wildman–Crippen LogP) is 2.48. The third kappa shape index (κ3) is 4.21. The number of aromatic amines is 1. The van der Waals surface area contributed by atoms with Crippen molar-refractivity contribution in [2.24, 2.45) is 5.92 Å². The smallest absolute Gasteiger partial charge is 0.417 e. The number of sulfonamides is 1. The molecule has 10 heteroatoms. The van der Waals surface area contributed by atoms with E-state index in [0.717, 1.165) is 5.56 Å². The first-order valence-electron chi connectivity index (χ1n) is 9.86. The number of hydrogen-bond acceptors (Lipinski definition) is 6. The van der Waals surface area contributed by atoms with Crippen molar-refractivity contribution in [3.8, 4) is 5.75 Å². The van der Waals surface area contributed by atoms with Crippen LogP contribution in [0.3, 0.4) is 0 Å². The summed E-state index contributed by atoms with van der Waals surface area (Å²) >= 11 is 0. The van der Waals surface area contributed by atoms with E-state index in [4.69, 9.17) is 9.15 Å². The van der Waals surface area contributed by atoms with E-state index in [-0.39, 0.29) is 22.9 Å². The maximum Gasteiger partial charge on any atom is 0.417 e. The van der Waals surface area contributed by atoms with Gasteiger partial charge in [0.05, 0.1) is 29.1 Å².